The van der Waals surface area contributed by atoms with Crippen LogP contribution in [0.5, 0.6) is 0 Å². The summed E-state index contributed by atoms with van der Waals surface area (Å²) < 4.78 is 7.00. The van der Waals surface area contributed by atoms with E-state index in [-0.39, 0.29) is 11.9 Å². The molecular weight excluding hydrogens is 428 g/mol. The van der Waals surface area contributed by atoms with E-state index in [0.717, 1.165) is 24.2 Å². The minimum atomic E-state index is -0.0262. The average Bonchev–Trinajstić information content (AvgIpc) is 3.45. The van der Waals surface area contributed by atoms with Crippen molar-refractivity contribution in [1.29, 1.82) is 0 Å². The second-order valence-corrected chi connectivity index (χ2v) is 8.04. The van der Waals surface area contributed by atoms with Crippen LogP contribution in [0, 0.1) is 0 Å². The summed E-state index contributed by atoms with van der Waals surface area (Å²) in [6.45, 7) is 2.54. The van der Waals surface area contributed by atoms with Crippen LogP contribution in [-0.4, -0.2) is 31.8 Å². The number of aryl methyl sites for hydroxylation is 2. The van der Waals surface area contributed by atoms with Crippen molar-refractivity contribution >= 4 is 29.0 Å². The van der Waals surface area contributed by atoms with Gasteiger partial charge in [0.1, 0.15) is 11.6 Å². The number of hydrogen-bond donors (Lipinski definition) is 2. The van der Waals surface area contributed by atoms with E-state index in [9.17, 15) is 4.79 Å². The number of nitrogens with one attached hydrogen (secondary N) is 2. The first-order valence-corrected chi connectivity index (χ1v) is 11.0. The van der Waals surface area contributed by atoms with Gasteiger partial charge in [0.15, 0.2) is 11.5 Å². The van der Waals surface area contributed by atoms with Crippen LogP contribution in [0.2, 0.25) is 5.02 Å². The molecule has 4 aromatic rings. The van der Waals surface area contributed by atoms with Crippen molar-refractivity contribution in [3.05, 3.63) is 77.0 Å². The van der Waals surface area contributed by atoms with Crippen molar-refractivity contribution < 1.29 is 9.21 Å². The van der Waals surface area contributed by atoms with E-state index in [0.29, 0.717) is 41.7 Å². The van der Waals surface area contributed by atoms with Gasteiger partial charge in [-0.3, -0.25) is 4.79 Å². The molecule has 3 aromatic heterocycles. The molecule has 0 aliphatic rings. The zero-order chi connectivity index (χ0) is 22.3. The molecule has 1 aromatic carbocycles. The largest absolute Gasteiger partial charge is 0.469 e. The average molecular weight is 453 g/mol. The zero-order valence-electron chi connectivity index (χ0n) is 17.8. The molecule has 4 rings (SSSR count). The van der Waals surface area contributed by atoms with Crippen LogP contribution in [0.1, 0.15) is 36.9 Å². The number of nitrogens with zero attached hydrogens (tertiary/aromatic N) is 4. The number of rotatable bonds is 10. The number of amides is 1. The lowest BCUT2D eigenvalue weighted by atomic mass is 10.1. The lowest BCUT2D eigenvalue weighted by Gasteiger charge is -2.13. The SMILES string of the molecule is C[C@H](CCc1ccco1)NC(=O)CCc1nnc2ccc(NCc3ccccc3Cl)nn12. The number of furan rings is 1. The van der Waals surface area contributed by atoms with Crippen molar-refractivity contribution in [2.45, 2.75) is 45.2 Å². The molecule has 9 heteroatoms. The first-order valence-electron chi connectivity index (χ1n) is 10.6. The smallest absolute Gasteiger partial charge is 0.220 e. The van der Waals surface area contributed by atoms with Gasteiger partial charge in [-0.25, -0.2) is 0 Å². The number of carbonyl (C=O) groups excluding carboxylic acids is 1. The summed E-state index contributed by atoms with van der Waals surface area (Å²) in [7, 11) is 0. The molecule has 2 N–H and O–H groups in total. The first kappa shape index (κ1) is 21.8. The molecule has 0 saturated carbocycles. The molecule has 0 fully saturated rings. The Balaban J connectivity index is 1.31. The van der Waals surface area contributed by atoms with Gasteiger partial charge in [0, 0.05) is 36.9 Å². The highest BCUT2D eigenvalue weighted by molar-refractivity contribution is 6.31. The Morgan fingerprint density at radius 2 is 2.00 bits per heavy atom. The fourth-order valence-electron chi connectivity index (χ4n) is 3.37. The van der Waals surface area contributed by atoms with Crippen LogP contribution in [0.25, 0.3) is 5.65 Å². The molecular formula is C23H25ClN6O2. The molecule has 32 heavy (non-hydrogen) atoms. The number of carbonyl (C=O) groups is 1. The van der Waals surface area contributed by atoms with Crippen molar-refractivity contribution in [1.82, 2.24) is 25.1 Å². The van der Waals surface area contributed by atoms with Gasteiger partial charge in [-0.2, -0.15) is 4.52 Å². The fraction of sp³-hybridized carbons (Fsp3) is 0.304. The van der Waals surface area contributed by atoms with Crippen molar-refractivity contribution in [2.75, 3.05) is 5.32 Å². The van der Waals surface area contributed by atoms with Crippen molar-refractivity contribution in [2.24, 2.45) is 0 Å². The minimum Gasteiger partial charge on any atom is -0.469 e. The summed E-state index contributed by atoms with van der Waals surface area (Å²) >= 11 is 6.22. The summed E-state index contributed by atoms with van der Waals surface area (Å²) in [6, 6.07) is 15.2. The Kier molecular flexibility index (Phi) is 7.01. The normalized spacial score (nSPS) is 12.1. The van der Waals surface area contributed by atoms with E-state index in [2.05, 4.69) is 25.9 Å². The highest BCUT2D eigenvalue weighted by Crippen LogP contribution is 2.17. The van der Waals surface area contributed by atoms with Gasteiger partial charge >= 0.3 is 0 Å². The zero-order valence-corrected chi connectivity index (χ0v) is 18.5. The Hall–Kier alpha value is -3.39. The van der Waals surface area contributed by atoms with Crippen LogP contribution in [0.4, 0.5) is 5.82 Å². The van der Waals surface area contributed by atoms with Gasteiger partial charge in [-0.15, -0.1) is 15.3 Å². The number of halogens is 1. The van der Waals surface area contributed by atoms with E-state index in [1.807, 2.05) is 55.5 Å². The van der Waals surface area contributed by atoms with Crippen LogP contribution >= 0.6 is 11.6 Å². The molecule has 0 bridgehead atoms. The molecule has 0 saturated heterocycles. The van der Waals surface area contributed by atoms with Crippen molar-refractivity contribution in [3.8, 4) is 0 Å². The Labute approximate surface area is 191 Å². The third kappa shape index (κ3) is 5.64. The van der Waals surface area contributed by atoms with E-state index >= 15 is 0 Å². The van der Waals surface area contributed by atoms with Gasteiger partial charge in [0.05, 0.1) is 6.26 Å². The maximum absolute atomic E-state index is 12.4. The predicted octanol–water partition coefficient (Wildman–Crippen LogP) is 4.05. The standard InChI is InChI=1S/C23H25ClN6O2/c1-16(8-9-18-6-4-14-32-18)26-23(31)13-12-22-28-27-21-11-10-20(29-30(21)22)25-15-17-5-2-3-7-19(17)24/h2-7,10-11,14,16H,8-9,12-13,15H2,1H3,(H,25,29)(H,26,31)/t16-/m1/s1. The topological polar surface area (TPSA) is 97.4 Å². The van der Waals surface area contributed by atoms with Gasteiger partial charge < -0.3 is 15.1 Å². The van der Waals surface area contributed by atoms with Crippen LogP contribution in [-0.2, 0) is 24.2 Å². The molecule has 0 aliphatic heterocycles. The number of fused-ring (bicyclic) bond motifs is 1. The Morgan fingerprint density at radius 3 is 2.81 bits per heavy atom. The second kappa shape index (κ2) is 10.3. The number of hydrogen-bond acceptors (Lipinski definition) is 6. The number of benzene rings is 1. The summed E-state index contributed by atoms with van der Waals surface area (Å²) in [5.41, 5.74) is 1.62. The molecule has 0 unspecified atom stereocenters. The predicted molar refractivity (Wildman–Crippen MR) is 123 cm³/mol. The summed E-state index contributed by atoms with van der Waals surface area (Å²) in [5.74, 6) is 2.21. The number of aromatic nitrogens is 4. The summed E-state index contributed by atoms with van der Waals surface area (Å²) in [6.07, 6.45) is 4.02. The quantitative estimate of drug-likeness (QED) is 0.376. The molecule has 8 nitrogen and oxygen atoms in total. The molecule has 3 heterocycles. The lowest BCUT2D eigenvalue weighted by Crippen LogP contribution is -2.33. The Morgan fingerprint density at radius 1 is 1.12 bits per heavy atom. The van der Waals surface area contributed by atoms with Crippen LogP contribution in [0.3, 0.4) is 0 Å². The molecule has 1 atom stereocenters. The molecule has 0 aliphatic carbocycles. The van der Waals surface area contributed by atoms with E-state index in [1.54, 1.807) is 10.8 Å². The Bertz CT molecular complexity index is 1170. The van der Waals surface area contributed by atoms with Gasteiger partial charge in [-0.05, 0) is 49.2 Å². The molecule has 166 valence electrons. The summed E-state index contributed by atoms with van der Waals surface area (Å²) in [4.78, 5) is 12.4. The van der Waals surface area contributed by atoms with Gasteiger partial charge in [-0.1, -0.05) is 29.8 Å². The molecule has 1 amide bonds. The van der Waals surface area contributed by atoms with Gasteiger partial charge in [0.2, 0.25) is 5.91 Å². The first-order chi connectivity index (χ1) is 15.6. The van der Waals surface area contributed by atoms with Crippen LogP contribution in [0.15, 0.2) is 59.2 Å². The maximum atomic E-state index is 12.4. The van der Waals surface area contributed by atoms with Crippen molar-refractivity contribution in [3.63, 3.8) is 0 Å². The number of anilines is 1. The van der Waals surface area contributed by atoms with Gasteiger partial charge in [0.25, 0.3) is 0 Å². The molecule has 0 radical (unpaired) electrons. The monoisotopic (exact) mass is 452 g/mol. The second-order valence-electron chi connectivity index (χ2n) is 7.64. The van der Waals surface area contributed by atoms with E-state index in [1.165, 1.54) is 0 Å². The summed E-state index contributed by atoms with van der Waals surface area (Å²) in [5, 5.41) is 19.9. The van der Waals surface area contributed by atoms with E-state index in [4.69, 9.17) is 16.0 Å². The van der Waals surface area contributed by atoms with E-state index < -0.39 is 0 Å². The highest BCUT2D eigenvalue weighted by atomic mass is 35.5. The lowest BCUT2D eigenvalue weighted by molar-refractivity contribution is -0.121. The molecule has 0 spiro atoms. The minimum absolute atomic E-state index is 0.0262. The third-order valence-corrected chi connectivity index (χ3v) is 5.50. The third-order valence-electron chi connectivity index (χ3n) is 5.13. The fourth-order valence-corrected chi connectivity index (χ4v) is 3.57. The van der Waals surface area contributed by atoms with Crippen LogP contribution < -0.4 is 10.6 Å². The maximum Gasteiger partial charge on any atom is 0.220 e. The highest BCUT2D eigenvalue weighted by Gasteiger charge is 2.13.